The van der Waals surface area contributed by atoms with Gasteiger partial charge in [-0.15, -0.1) is 0 Å². The Morgan fingerprint density at radius 1 is 1.59 bits per heavy atom. The molecule has 0 amide bonds. The summed E-state index contributed by atoms with van der Waals surface area (Å²) in [6, 6.07) is 3.58. The normalized spacial score (nSPS) is 10.5. The first-order valence-corrected chi connectivity index (χ1v) is 5.38. The maximum Gasteiger partial charge on any atom is 0.373 e. The van der Waals surface area contributed by atoms with Crippen LogP contribution in [0.2, 0.25) is 0 Å². The number of methoxy groups -OCH3 is 1. The lowest BCUT2D eigenvalue weighted by Gasteiger charge is -2.02. The first-order chi connectivity index (χ1) is 8.17. The second-order valence-corrected chi connectivity index (χ2v) is 3.60. The van der Waals surface area contributed by atoms with E-state index in [-0.39, 0.29) is 5.76 Å². The van der Waals surface area contributed by atoms with Crippen molar-refractivity contribution in [1.29, 1.82) is 0 Å². The van der Waals surface area contributed by atoms with E-state index in [4.69, 9.17) is 4.42 Å². The highest BCUT2D eigenvalue weighted by Crippen LogP contribution is 2.26. The van der Waals surface area contributed by atoms with E-state index >= 15 is 0 Å². The minimum atomic E-state index is -0.470. The summed E-state index contributed by atoms with van der Waals surface area (Å²) >= 11 is 0. The topological polar surface area (TPSA) is 57.3 Å². The molecular formula is C12H14N2O3. The van der Waals surface area contributed by atoms with Gasteiger partial charge in [0.15, 0.2) is 0 Å². The van der Waals surface area contributed by atoms with Crippen LogP contribution in [-0.4, -0.2) is 22.9 Å². The number of nitrogens with zero attached hydrogens (tertiary/aromatic N) is 2. The summed E-state index contributed by atoms with van der Waals surface area (Å²) in [5.41, 5.74) is 1.80. The first-order valence-electron chi connectivity index (χ1n) is 5.38. The van der Waals surface area contributed by atoms with Gasteiger partial charge in [-0.25, -0.2) is 4.79 Å². The minimum Gasteiger partial charge on any atom is -0.463 e. The van der Waals surface area contributed by atoms with Crippen LogP contribution in [0.25, 0.3) is 11.3 Å². The number of esters is 1. The monoisotopic (exact) mass is 234 g/mol. The van der Waals surface area contributed by atoms with Crippen LogP contribution in [0.4, 0.5) is 0 Å². The van der Waals surface area contributed by atoms with Crippen molar-refractivity contribution in [3.05, 3.63) is 29.9 Å². The molecule has 0 aliphatic carbocycles. The van der Waals surface area contributed by atoms with Crippen molar-refractivity contribution in [2.45, 2.75) is 20.4 Å². The van der Waals surface area contributed by atoms with Gasteiger partial charge in [-0.05, 0) is 19.9 Å². The van der Waals surface area contributed by atoms with Crippen molar-refractivity contribution in [3.8, 4) is 11.3 Å². The molecule has 0 aliphatic rings. The standard InChI is InChI=1S/C12H14N2O3/c1-4-14-10(5-6-13-14)9-7-11(12(15)16-3)17-8(9)2/h5-7H,4H2,1-3H3. The van der Waals surface area contributed by atoms with Gasteiger partial charge in [0, 0.05) is 24.4 Å². The largest absolute Gasteiger partial charge is 0.463 e. The van der Waals surface area contributed by atoms with Gasteiger partial charge in [-0.3, -0.25) is 4.68 Å². The highest BCUT2D eigenvalue weighted by Gasteiger charge is 2.17. The molecule has 0 aliphatic heterocycles. The zero-order valence-electron chi connectivity index (χ0n) is 10.1. The van der Waals surface area contributed by atoms with Crippen LogP contribution in [0.3, 0.4) is 0 Å². The molecule has 2 rings (SSSR count). The van der Waals surface area contributed by atoms with E-state index in [9.17, 15) is 4.79 Å². The Morgan fingerprint density at radius 3 is 3.00 bits per heavy atom. The molecule has 0 aromatic carbocycles. The zero-order chi connectivity index (χ0) is 12.4. The average molecular weight is 234 g/mol. The van der Waals surface area contributed by atoms with Crippen LogP contribution in [0, 0.1) is 6.92 Å². The lowest BCUT2D eigenvalue weighted by atomic mass is 10.2. The fourth-order valence-corrected chi connectivity index (χ4v) is 1.75. The molecular weight excluding hydrogens is 220 g/mol. The number of hydrogen-bond acceptors (Lipinski definition) is 4. The fraction of sp³-hybridized carbons (Fsp3) is 0.333. The second kappa shape index (κ2) is 4.45. The van der Waals surface area contributed by atoms with Crippen LogP contribution in [-0.2, 0) is 11.3 Å². The van der Waals surface area contributed by atoms with Crippen LogP contribution < -0.4 is 0 Å². The lowest BCUT2D eigenvalue weighted by Crippen LogP contribution is -1.99. The predicted octanol–water partition coefficient (Wildman–Crippen LogP) is 2.26. The van der Waals surface area contributed by atoms with Crippen LogP contribution in [0.15, 0.2) is 22.7 Å². The summed E-state index contributed by atoms with van der Waals surface area (Å²) in [6.45, 7) is 4.59. The highest BCUT2D eigenvalue weighted by atomic mass is 16.5. The molecule has 2 aromatic heterocycles. The molecule has 0 fully saturated rings. The van der Waals surface area contributed by atoms with Gasteiger partial charge in [0.25, 0.3) is 0 Å². The van der Waals surface area contributed by atoms with Crippen LogP contribution in [0.5, 0.6) is 0 Å². The molecule has 0 saturated carbocycles. The van der Waals surface area contributed by atoms with E-state index < -0.39 is 5.97 Å². The number of carbonyl (C=O) groups excluding carboxylic acids is 1. The third-order valence-corrected chi connectivity index (χ3v) is 2.60. The van der Waals surface area contributed by atoms with Gasteiger partial charge >= 0.3 is 5.97 Å². The molecule has 0 radical (unpaired) electrons. The Labute approximate surface area is 99.0 Å². The molecule has 2 aromatic rings. The highest BCUT2D eigenvalue weighted by molar-refractivity contribution is 5.88. The maximum atomic E-state index is 11.4. The van der Waals surface area contributed by atoms with Crippen LogP contribution >= 0.6 is 0 Å². The van der Waals surface area contributed by atoms with Gasteiger partial charge in [0.05, 0.1) is 12.8 Å². The lowest BCUT2D eigenvalue weighted by molar-refractivity contribution is 0.0563. The summed E-state index contributed by atoms with van der Waals surface area (Å²) in [5, 5.41) is 4.19. The molecule has 2 heterocycles. The number of rotatable bonds is 3. The zero-order valence-corrected chi connectivity index (χ0v) is 10.1. The van der Waals surface area contributed by atoms with Crippen molar-refractivity contribution in [3.63, 3.8) is 0 Å². The van der Waals surface area contributed by atoms with Gasteiger partial charge in [0.1, 0.15) is 5.76 Å². The molecule has 0 unspecified atom stereocenters. The van der Waals surface area contributed by atoms with E-state index in [1.165, 1.54) is 7.11 Å². The quantitative estimate of drug-likeness (QED) is 0.764. The number of furan rings is 1. The fourth-order valence-electron chi connectivity index (χ4n) is 1.75. The first kappa shape index (κ1) is 11.4. The molecule has 5 nitrogen and oxygen atoms in total. The molecule has 5 heteroatoms. The predicted molar refractivity (Wildman–Crippen MR) is 61.7 cm³/mol. The summed E-state index contributed by atoms with van der Waals surface area (Å²) in [4.78, 5) is 11.4. The SMILES string of the molecule is CCn1nccc1-c1cc(C(=O)OC)oc1C. The second-order valence-electron chi connectivity index (χ2n) is 3.60. The summed E-state index contributed by atoms with van der Waals surface area (Å²) < 4.78 is 11.8. The van der Waals surface area contributed by atoms with E-state index in [2.05, 4.69) is 9.84 Å². The van der Waals surface area contributed by atoms with E-state index in [1.54, 1.807) is 12.3 Å². The van der Waals surface area contributed by atoms with Crippen molar-refractivity contribution >= 4 is 5.97 Å². The van der Waals surface area contributed by atoms with Crippen LogP contribution in [0.1, 0.15) is 23.2 Å². The number of ether oxygens (including phenoxy) is 1. The van der Waals surface area contributed by atoms with Gasteiger partial charge in [-0.1, -0.05) is 0 Å². The Hall–Kier alpha value is -2.04. The Bertz CT molecular complexity index is 540. The molecule has 0 bridgehead atoms. The molecule has 17 heavy (non-hydrogen) atoms. The number of carbonyl (C=O) groups is 1. The van der Waals surface area contributed by atoms with Crippen molar-refractivity contribution in [2.75, 3.05) is 7.11 Å². The third-order valence-electron chi connectivity index (χ3n) is 2.60. The average Bonchev–Trinajstić information content (AvgIpc) is 2.93. The molecule has 0 N–H and O–H groups in total. The summed E-state index contributed by atoms with van der Waals surface area (Å²) in [7, 11) is 1.33. The van der Waals surface area contributed by atoms with E-state index in [0.717, 1.165) is 17.8 Å². The van der Waals surface area contributed by atoms with Gasteiger partial charge in [0.2, 0.25) is 5.76 Å². The smallest absolute Gasteiger partial charge is 0.373 e. The number of aryl methyl sites for hydroxylation is 2. The van der Waals surface area contributed by atoms with Gasteiger partial charge < -0.3 is 9.15 Å². The summed E-state index contributed by atoms with van der Waals surface area (Å²) in [6.07, 6.45) is 1.73. The van der Waals surface area contributed by atoms with Gasteiger partial charge in [-0.2, -0.15) is 5.10 Å². The minimum absolute atomic E-state index is 0.212. The number of hydrogen-bond donors (Lipinski definition) is 0. The Kier molecular flexibility index (Phi) is 2.99. The Balaban J connectivity index is 2.46. The molecule has 0 spiro atoms. The number of aromatic nitrogens is 2. The summed E-state index contributed by atoms with van der Waals surface area (Å²) in [5.74, 6) is 0.423. The van der Waals surface area contributed by atoms with Crippen molar-refractivity contribution < 1.29 is 13.9 Å². The third kappa shape index (κ3) is 1.95. The molecule has 0 saturated heterocycles. The van der Waals surface area contributed by atoms with Crippen molar-refractivity contribution in [1.82, 2.24) is 9.78 Å². The van der Waals surface area contributed by atoms with E-state index in [0.29, 0.717) is 5.76 Å². The molecule has 0 atom stereocenters. The maximum absolute atomic E-state index is 11.4. The van der Waals surface area contributed by atoms with Crippen molar-refractivity contribution in [2.24, 2.45) is 0 Å². The van der Waals surface area contributed by atoms with E-state index in [1.807, 2.05) is 24.6 Å². The Morgan fingerprint density at radius 2 is 2.35 bits per heavy atom. The molecule has 90 valence electrons.